The van der Waals surface area contributed by atoms with E-state index in [2.05, 4.69) is 55.8 Å². The van der Waals surface area contributed by atoms with Crippen LogP contribution in [0.25, 0.3) is 0 Å². The zero-order valence-corrected chi connectivity index (χ0v) is 15.6. The molecule has 2 rings (SSSR count). The summed E-state index contributed by atoms with van der Waals surface area (Å²) in [5.41, 5.74) is 5.99. The number of benzene rings is 1. The second-order valence-corrected chi connectivity index (χ2v) is 7.10. The minimum atomic E-state index is -0.0771. The van der Waals surface area contributed by atoms with Crippen molar-refractivity contribution in [2.45, 2.75) is 77.8 Å². The van der Waals surface area contributed by atoms with Crippen molar-refractivity contribution < 1.29 is 0 Å². The van der Waals surface area contributed by atoms with Crippen LogP contribution in [0.4, 0.5) is 5.69 Å². The number of unbranched alkanes of at least 4 members (excludes halogenated alkanes) is 4. The van der Waals surface area contributed by atoms with Gasteiger partial charge in [-0.05, 0) is 57.0 Å². The van der Waals surface area contributed by atoms with E-state index in [0.29, 0.717) is 0 Å². The highest BCUT2D eigenvalue weighted by atomic mass is 32.1. The van der Waals surface area contributed by atoms with Gasteiger partial charge >= 0.3 is 0 Å². The smallest absolute Gasteiger partial charge is 0.189 e. The first kappa shape index (κ1) is 18.2. The van der Waals surface area contributed by atoms with E-state index >= 15 is 0 Å². The summed E-state index contributed by atoms with van der Waals surface area (Å²) in [5, 5.41) is 6.44. The Labute approximate surface area is 146 Å². The average Bonchev–Trinajstić information content (AvgIpc) is 2.86. The second-order valence-electron chi connectivity index (χ2n) is 6.71. The van der Waals surface area contributed by atoms with Gasteiger partial charge in [-0.1, -0.05) is 57.2 Å². The third kappa shape index (κ3) is 4.92. The van der Waals surface area contributed by atoms with E-state index in [1.54, 1.807) is 0 Å². The number of hydrogen-bond acceptors (Lipinski definition) is 2. The summed E-state index contributed by atoms with van der Waals surface area (Å²) in [4.78, 5) is 0. The van der Waals surface area contributed by atoms with Crippen LogP contribution in [0.5, 0.6) is 0 Å². The Morgan fingerprint density at radius 2 is 1.52 bits per heavy atom. The van der Waals surface area contributed by atoms with Gasteiger partial charge in [0.15, 0.2) is 5.11 Å². The van der Waals surface area contributed by atoms with Crippen LogP contribution in [-0.2, 0) is 0 Å². The number of aryl methyl sites for hydroxylation is 1. The molecule has 0 unspecified atom stereocenters. The van der Waals surface area contributed by atoms with Crippen molar-refractivity contribution in [3.05, 3.63) is 29.8 Å². The van der Waals surface area contributed by atoms with Gasteiger partial charge in [-0.15, -0.1) is 0 Å². The molecule has 0 radical (unpaired) electrons. The quantitative estimate of drug-likeness (QED) is 0.488. The largest absolute Gasteiger partial charge is 0.342 e. The molecule has 4 heteroatoms. The molecule has 0 saturated carbocycles. The SMILES string of the molecule is CCCCCC1(CCCCC)NC(=S)N(c2ccc(C)cc2)N1. The van der Waals surface area contributed by atoms with Gasteiger partial charge in [0.25, 0.3) is 0 Å². The standard InChI is InChI=1S/C19H31N3S/c1-4-6-8-14-19(15-9-7-5-2)20-18(23)22(21-19)17-12-10-16(3)11-13-17/h10-13,21H,4-9,14-15H2,1-3H3,(H,20,23). The highest BCUT2D eigenvalue weighted by Gasteiger charge is 2.39. The maximum Gasteiger partial charge on any atom is 0.189 e. The van der Waals surface area contributed by atoms with Crippen molar-refractivity contribution in [3.8, 4) is 0 Å². The predicted molar refractivity (Wildman–Crippen MR) is 104 cm³/mol. The van der Waals surface area contributed by atoms with Crippen LogP contribution in [0.1, 0.15) is 70.8 Å². The van der Waals surface area contributed by atoms with Crippen molar-refractivity contribution in [1.82, 2.24) is 10.7 Å². The minimum absolute atomic E-state index is 0.0771. The molecule has 1 aliphatic heterocycles. The summed E-state index contributed by atoms with van der Waals surface area (Å²) >= 11 is 5.61. The van der Waals surface area contributed by atoms with Gasteiger partial charge in [0.2, 0.25) is 0 Å². The summed E-state index contributed by atoms with van der Waals surface area (Å²) < 4.78 is 0. The highest BCUT2D eigenvalue weighted by Crippen LogP contribution is 2.27. The molecule has 0 amide bonds. The molecule has 1 aromatic rings. The Morgan fingerprint density at radius 3 is 2.04 bits per heavy atom. The van der Waals surface area contributed by atoms with Gasteiger partial charge in [0.05, 0.1) is 5.69 Å². The number of anilines is 1. The maximum atomic E-state index is 5.61. The van der Waals surface area contributed by atoms with Crippen LogP contribution < -0.4 is 15.8 Å². The highest BCUT2D eigenvalue weighted by molar-refractivity contribution is 7.80. The fraction of sp³-hybridized carbons (Fsp3) is 0.632. The number of nitrogens with one attached hydrogen (secondary N) is 2. The van der Waals surface area contributed by atoms with Crippen LogP contribution in [0.2, 0.25) is 0 Å². The minimum Gasteiger partial charge on any atom is -0.342 e. The topological polar surface area (TPSA) is 27.3 Å². The van der Waals surface area contributed by atoms with E-state index in [1.807, 2.05) is 5.01 Å². The molecular weight excluding hydrogens is 302 g/mol. The van der Waals surface area contributed by atoms with Crippen molar-refractivity contribution in [2.24, 2.45) is 0 Å². The molecule has 1 aliphatic rings. The second kappa shape index (κ2) is 8.65. The number of nitrogens with zero attached hydrogens (tertiary/aromatic N) is 1. The molecule has 128 valence electrons. The van der Waals surface area contributed by atoms with Gasteiger partial charge in [-0.2, -0.15) is 0 Å². The predicted octanol–water partition coefficient (Wildman–Crippen LogP) is 5.05. The first-order valence-electron chi connectivity index (χ1n) is 9.07. The third-order valence-electron chi connectivity index (χ3n) is 4.58. The number of hydrogen-bond donors (Lipinski definition) is 2. The van der Waals surface area contributed by atoms with Crippen LogP contribution in [0, 0.1) is 6.92 Å². The molecule has 23 heavy (non-hydrogen) atoms. The Hall–Kier alpha value is -1.13. The normalized spacial score (nSPS) is 16.7. The average molecular weight is 334 g/mol. The van der Waals surface area contributed by atoms with Gasteiger partial charge in [0, 0.05) is 0 Å². The molecule has 0 spiro atoms. The monoisotopic (exact) mass is 333 g/mol. The van der Waals surface area contributed by atoms with Gasteiger partial charge in [-0.3, -0.25) is 5.01 Å². The molecule has 0 bridgehead atoms. The number of rotatable bonds is 9. The van der Waals surface area contributed by atoms with E-state index in [0.717, 1.165) is 23.6 Å². The lowest BCUT2D eigenvalue weighted by Crippen LogP contribution is -2.51. The van der Waals surface area contributed by atoms with Gasteiger partial charge < -0.3 is 5.32 Å². The lowest BCUT2D eigenvalue weighted by Gasteiger charge is -2.30. The van der Waals surface area contributed by atoms with E-state index in [4.69, 9.17) is 12.2 Å². The van der Waals surface area contributed by atoms with Crippen molar-refractivity contribution in [1.29, 1.82) is 0 Å². The van der Waals surface area contributed by atoms with Crippen LogP contribution in [0.3, 0.4) is 0 Å². The van der Waals surface area contributed by atoms with E-state index in [9.17, 15) is 0 Å². The van der Waals surface area contributed by atoms with E-state index in [1.165, 1.54) is 44.1 Å². The van der Waals surface area contributed by atoms with Crippen LogP contribution >= 0.6 is 12.2 Å². The Morgan fingerprint density at radius 1 is 0.957 bits per heavy atom. The first-order chi connectivity index (χ1) is 11.1. The fourth-order valence-corrected chi connectivity index (χ4v) is 3.49. The zero-order chi connectivity index (χ0) is 16.7. The molecule has 1 fully saturated rings. The summed E-state index contributed by atoms with van der Waals surface area (Å²) in [5.74, 6) is 0. The maximum absolute atomic E-state index is 5.61. The van der Waals surface area contributed by atoms with Gasteiger partial charge in [0.1, 0.15) is 5.66 Å². The van der Waals surface area contributed by atoms with E-state index < -0.39 is 0 Å². The summed E-state index contributed by atoms with van der Waals surface area (Å²) in [6, 6.07) is 8.52. The Bertz CT molecular complexity index is 488. The fourth-order valence-electron chi connectivity index (χ4n) is 3.14. The van der Waals surface area contributed by atoms with E-state index in [-0.39, 0.29) is 5.66 Å². The molecular formula is C19H31N3S. The van der Waals surface area contributed by atoms with Crippen molar-refractivity contribution in [2.75, 3.05) is 5.01 Å². The van der Waals surface area contributed by atoms with Gasteiger partial charge in [-0.25, -0.2) is 5.43 Å². The van der Waals surface area contributed by atoms with Crippen molar-refractivity contribution in [3.63, 3.8) is 0 Å². The first-order valence-corrected chi connectivity index (χ1v) is 9.48. The van der Waals surface area contributed by atoms with Crippen molar-refractivity contribution >= 4 is 23.0 Å². The van der Waals surface area contributed by atoms with Crippen LogP contribution in [0.15, 0.2) is 24.3 Å². The molecule has 0 aliphatic carbocycles. The number of thiocarbonyl (C=S) groups is 1. The summed E-state index contributed by atoms with van der Waals surface area (Å²) in [6.45, 7) is 6.61. The molecule has 1 saturated heterocycles. The molecule has 0 aromatic heterocycles. The Kier molecular flexibility index (Phi) is 6.85. The lowest BCUT2D eigenvalue weighted by atomic mass is 9.96. The lowest BCUT2D eigenvalue weighted by molar-refractivity contribution is 0.272. The zero-order valence-electron chi connectivity index (χ0n) is 14.8. The van der Waals surface area contributed by atoms with Crippen LogP contribution in [-0.4, -0.2) is 10.8 Å². The molecule has 2 N–H and O–H groups in total. The third-order valence-corrected chi connectivity index (χ3v) is 4.87. The molecule has 1 heterocycles. The number of hydrazine groups is 1. The summed E-state index contributed by atoms with van der Waals surface area (Å²) in [7, 11) is 0. The molecule has 0 atom stereocenters. The Balaban J connectivity index is 2.09. The molecule has 1 aromatic carbocycles. The summed E-state index contributed by atoms with van der Waals surface area (Å²) in [6.07, 6.45) is 9.74. The molecule has 3 nitrogen and oxygen atoms in total.